The second-order valence-electron chi connectivity index (χ2n) is 6.83. The van der Waals surface area contributed by atoms with Crippen LogP contribution in [0.4, 0.5) is 13.2 Å². The largest absolute Gasteiger partial charge is 0.573 e. The Morgan fingerprint density at radius 3 is 2.09 bits per heavy atom. The number of benzene rings is 2. The fraction of sp³-hybridized carbons (Fsp3) is 0.190. The quantitative estimate of drug-likeness (QED) is 0.329. The molecule has 12 heteroatoms. The van der Waals surface area contributed by atoms with Crippen LogP contribution in [0.3, 0.4) is 0 Å². The lowest BCUT2D eigenvalue weighted by Gasteiger charge is -2.15. The minimum atomic E-state index is -4.80. The van der Waals surface area contributed by atoms with Gasteiger partial charge in [0.2, 0.25) is 5.91 Å². The molecule has 0 bridgehead atoms. The van der Waals surface area contributed by atoms with Crippen molar-refractivity contribution in [2.75, 3.05) is 5.75 Å². The maximum Gasteiger partial charge on any atom is 0.573 e. The van der Waals surface area contributed by atoms with Gasteiger partial charge >= 0.3 is 6.36 Å². The Bertz CT molecular complexity index is 1160. The maximum atomic E-state index is 12.8. The Kier molecular flexibility index (Phi) is 7.61. The number of hydroxylamine groups is 1. The van der Waals surface area contributed by atoms with E-state index < -0.39 is 39.5 Å². The van der Waals surface area contributed by atoms with Crippen LogP contribution < -0.4 is 15.0 Å². The highest BCUT2D eigenvalue weighted by Crippen LogP contribution is 2.28. The first-order valence-electron chi connectivity index (χ1n) is 9.38. The van der Waals surface area contributed by atoms with Gasteiger partial charge in [0.1, 0.15) is 17.2 Å². The SMILES string of the molecule is O=C(NO)C(Cc1cccs1)CS(=O)(=O)c1ccc(Oc2ccc(OC(F)(F)F)cc2)cc1. The standard InChI is InChI=1S/C21H18F3NO6S2/c22-21(23,24)31-17-5-3-15(4-6-17)30-16-7-9-19(10-8-16)33(28,29)13-14(20(26)25-27)12-18-2-1-11-32-18/h1-11,14,27H,12-13H2,(H,25,26). The third kappa shape index (κ3) is 7.20. The predicted molar refractivity (Wildman–Crippen MR) is 113 cm³/mol. The molecule has 176 valence electrons. The van der Waals surface area contributed by atoms with Gasteiger partial charge in [0.25, 0.3) is 0 Å². The first kappa shape index (κ1) is 24.6. The van der Waals surface area contributed by atoms with Gasteiger partial charge in [0, 0.05) is 4.88 Å². The van der Waals surface area contributed by atoms with Gasteiger partial charge in [0.15, 0.2) is 9.84 Å². The Morgan fingerprint density at radius 1 is 1.00 bits per heavy atom. The number of rotatable bonds is 9. The molecule has 33 heavy (non-hydrogen) atoms. The molecular formula is C21H18F3NO6S2. The van der Waals surface area contributed by atoms with E-state index >= 15 is 0 Å². The minimum Gasteiger partial charge on any atom is -0.457 e. The maximum absolute atomic E-state index is 12.8. The third-order valence-corrected chi connectivity index (χ3v) is 7.14. The molecule has 0 fully saturated rings. The average molecular weight is 502 g/mol. The van der Waals surface area contributed by atoms with Gasteiger partial charge in [-0.3, -0.25) is 10.0 Å². The van der Waals surface area contributed by atoms with Gasteiger partial charge in [-0.25, -0.2) is 13.9 Å². The van der Waals surface area contributed by atoms with Crippen molar-refractivity contribution in [2.45, 2.75) is 17.7 Å². The van der Waals surface area contributed by atoms with Gasteiger partial charge in [-0.2, -0.15) is 0 Å². The number of hydrogen-bond acceptors (Lipinski definition) is 7. The molecule has 0 saturated carbocycles. The average Bonchev–Trinajstić information content (AvgIpc) is 3.26. The number of carbonyl (C=O) groups is 1. The zero-order valence-corrected chi connectivity index (χ0v) is 18.4. The summed E-state index contributed by atoms with van der Waals surface area (Å²) < 4.78 is 71.6. The Labute approximate surface area is 191 Å². The summed E-state index contributed by atoms with van der Waals surface area (Å²) >= 11 is 1.37. The number of nitrogens with one attached hydrogen (secondary N) is 1. The molecule has 0 radical (unpaired) electrons. The fourth-order valence-electron chi connectivity index (χ4n) is 2.91. The lowest BCUT2D eigenvalue weighted by Crippen LogP contribution is -2.34. The highest BCUT2D eigenvalue weighted by molar-refractivity contribution is 7.91. The fourth-order valence-corrected chi connectivity index (χ4v) is 5.24. The van der Waals surface area contributed by atoms with E-state index in [9.17, 15) is 26.4 Å². The van der Waals surface area contributed by atoms with Crippen molar-refractivity contribution in [3.8, 4) is 17.2 Å². The molecule has 7 nitrogen and oxygen atoms in total. The van der Waals surface area contributed by atoms with Crippen molar-refractivity contribution >= 4 is 27.1 Å². The van der Waals surface area contributed by atoms with Crippen molar-refractivity contribution in [3.05, 3.63) is 70.9 Å². The highest BCUT2D eigenvalue weighted by atomic mass is 32.2. The summed E-state index contributed by atoms with van der Waals surface area (Å²) in [6.45, 7) is 0. The number of halogens is 3. The van der Waals surface area contributed by atoms with Crippen molar-refractivity contribution in [2.24, 2.45) is 5.92 Å². The molecule has 0 aliphatic carbocycles. The van der Waals surface area contributed by atoms with E-state index in [4.69, 9.17) is 9.94 Å². The van der Waals surface area contributed by atoms with Crippen LogP contribution in [0.5, 0.6) is 17.2 Å². The zero-order valence-electron chi connectivity index (χ0n) is 16.8. The first-order valence-corrected chi connectivity index (χ1v) is 11.9. The number of amides is 1. The smallest absolute Gasteiger partial charge is 0.457 e. The van der Waals surface area contributed by atoms with Crippen molar-refractivity contribution in [1.29, 1.82) is 0 Å². The van der Waals surface area contributed by atoms with Crippen LogP contribution in [-0.4, -0.2) is 31.6 Å². The number of alkyl halides is 3. The van der Waals surface area contributed by atoms with Crippen molar-refractivity contribution in [3.63, 3.8) is 0 Å². The van der Waals surface area contributed by atoms with Crippen molar-refractivity contribution in [1.82, 2.24) is 5.48 Å². The van der Waals surface area contributed by atoms with Crippen LogP contribution in [0.25, 0.3) is 0 Å². The highest BCUT2D eigenvalue weighted by Gasteiger charge is 2.31. The van der Waals surface area contributed by atoms with Crippen LogP contribution in [0.15, 0.2) is 70.9 Å². The van der Waals surface area contributed by atoms with E-state index in [1.165, 1.54) is 53.2 Å². The van der Waals surface area contributed by atoms with Gasteiger partial charge in [-0.1, -0.05) is 6.07 Å². The van der Waals surface area contributed by atoms with Crippen molar-refractivity contribution < 1.29 is 41.1 Å². The summed E-state index contributed by atoms with van der Waals surface area (Å²) in [4.78, 5) is 12.7. The molecule has 3 aromatic rings. The Balaban J connectivity index is 1.68. The summed E-state index contributed by atoms with van der Waals surface area (Å²) in [5, 5.41) is 10.8. The molecule has 0 aliphatic rings. The molecular weight excluding hydrogens is 483 g/mol. The van der Waals surface area contributed by atoms with Gasteiger partial charge in [-0.05, 0) is 66.4 Å². The molecule has 0 aliphatic heterocycles. The van der Waals surface area contributed by atoms with E-state index in [0.717, 1.165) is 17.0 Å². The number of carbonyl (C=O) groups excluding carboxylic acids is 1. The molecule has 1 aromatic heterocycles. The lowest BCUT2D eigenvalue weighted by atomic mass is 10.1. The molecule has 3 rings (SSSR count). The van der Waals surface area contributed by atoms with Gasteiger partial charge < -0.3 is 9.47 Å². The van der Waals surface area contributed by atoms with Crippen LogP contribution >= 0.6 is 11.3 Å². The van der Waals surface area contributed by atoms with E-state index in [0.29, 0.717) is 0 Å². The van der Waals surface area contributed by atoms with Gasteiger partial charge in [0.05, 0.1) is 16.6 Å². The molecule has 1 atom stereocenters. The predicted octanol–water partition coefficient (Wildman–Crippen LogP) is 4.58. The summed E-state index contributed by atoms with van der Waals surface area (Å²) in [6.07, 6.45) is -4.65. The monoisotopic (exact) mass is 501 g/mol. The van der Waals surface area contributed by atoms with E-state index in [-0.39, 0.29) is 22.8 Å². The summed E-state index contributed by atoms with van der Waals surface area (Å²) in [5.74, 6) is -2.24. The third-order valence-electron chi connectivity index (χ3n) is 4.41. The molecule has 1 heterocycles. The Hall–Kier alpha value is -3.09. The normalized spacial score (nSPS) is 12.7. The van der Waals surface area contributed by atoms with Gasteiger partial charge in [-0.15, -0.1) is 24.5 Å². The molecule has 0 spiro atoms. The summed E-state index contributed by atoms with van der Waals surface area (Å²) in [5.41, 5.74) is 1.51. The molecule has 2 aromatic carbocycles. The van der Waals surface area contributed by atoms with Crippen LogP contribution in [-0.2, 0) is 21.1 Å². The molecule has 0 saturated heterocycles. The zero-order chi connectivity index (χ0) is 24.1. The number of ether oxygens (including phenoxy) is 2. The summed E-state index contributed by atoms with van der Waals surface area (Å²) in [6, 6.07) is 13.6. The van der Waals surface area contributed by atoms with E-state index in [2.05, 4.69) is 4.74 Å². The van der Waals surface area contributed by atoms with Crippen LogP contribution in [0, 0.1) is 5.92 Å². The van der Waals surface area contributed by atoms with Crippen LogP contribution in [0.2, 0.25) is 0 Å². The molecule has 1 unspecified atom stereocenters. The second-order valence-corrected chi connectivity index (χ2v) is 9.90. The van der Waals surface area contributed by atoms with E-state index in [1.54, 1.807) is 17.5 Å². The molecule has 1 amide bonds. The van der Waals surface area contributed by atoms with E-state index in [1.807, 2.05) is 0 Å². The summed E-state index contributed by atoms with van der Waals surface area (Å²) in [7, 11) is -3.88. The number of sulfone groups is 1. The van der Waals surface area contributed by atoms with Crippen LogP contribution in [0.1, 0.15) is 4.88 Å². The minimum absolute atomic E-state index is 0.0503. The topological polar surface area (TPSA) is 102 Å². The number of thiophene rings is 1. The molecule has 2 N–H and O–H groups in total. The Morgan fingerprint density at radius 2 is 1.58 bits per heavy atom. The number of hydrogen-bond donors (Lipinski definition) is 2. The lowest BCUT2D eigenvalue weighted by molar-refractivity contribution is -0.274. The first-order chi connectivity index (χ1) is 15.6. The second kappa shape index (κ2) is 10.2.